The number of nitrogens with one attached hydrogen (secondary N) is 2. The van der Waals surface area contributed by atoms with Crippen LogP contribution in [0.2, 0.25) is 0 Å². The van der Waals surface area contributed by atoms with E-state index >= 15 is 0 Å². The largest absolute Gasteiger partial charge is 0.376 e. The first-order chi connectivity index (χ1) is 13.1. The van der Waals surface area contributed by atoms with Gasteiger partial charge in [-0.1, -0.05) is 36.4 Å². The van der Waals surface area contributed by atoms with E-state index < -0.39 is 0 Å². The molecule has 138 valence electrons. The van der Waals surface area contributed by atoms with E-state index in [2.05, 4.69) is 15.8 Å². The molecule has 0 spiro atoms. The Morgan fingerprint density at radius 1 is 1.07 bits per heavy atom. The highest BCUT2D eigenvalue weighted by molar-refractivity contribution is 5.84. The Balaban J connectivity index is 1.69. The zero-order valence-corrected chi connectivity index (χ0v) is 15.2. The van der Waals surface area contributed by atoms with Gasteiger partial charge < -0.3 is 5.32 Å². The summed E-state index contributed by atoms with van der Waals surface area (Å²) in [5, 5.41) is 6.93. The van der Waals surface area contributed by atoms with Crippen molar-refractivity contribution in [2.45, 2.75) is 6.92 Å². The number of hydrogen-bond acceptors (Lipinski definition) is 4. The van der Waals surface area contributed by atoms with Gasteiger partial charge in [-0.2, -0.15) is 5.10 Å². The monoisotopic (exact) mass is 363 g/mol. The topological polar surface area (TPSA) is 80.4 Å². The summed E-state index contributed by atoms with van der Waals surface area (Å²) >= 11 is 0. The molecule has 0 atom stereocenters. The molecule has 2 N–H and O–H groups in total. The van der Waals surface area contributed by atoms with Crippen LogP contribution in [0.4, 0.5) is 5.69 Å². The van der Waals surface area contributed by atoms with Crippen LogP contribution < -0.4 is 16.3 Å². The van der Waals surface area contributed by atoms with Crippen molar-refractivity contribution in [1.29, 1.82) is 0 Å². The maximum absolute atomic E-state index is 12.7. The van der Waals surface area contributed by atoms with E-state index in [1.807, 2.05) is 74.6 Å². The molecule has 0 radical (unpaired) electrons. The molecule has 1 aromatic heterocycles. The molecule has 0 bridgehead atoms. The molecule has 0 fully saturated rings. The van der Waals surface area contributed by atoms with E-state index in [1.165, 1.54) is 6.21 Å². The lowest BCUT2D eigenvalue weighted by Gasteiger charge is -2.07. The number of nitrogens with zero attached hydrogens (tertiary/aromatic N) is 3. The predicted octanol–water partition coefficient (Wildman–Crippen LogP) is 2.05. The SMILES string of the molecule is Cc1c(/C=N/NC(=O)CNc2ccccc2)c(=O)n(-c2ccccc2)n1C. The lowest BCUT2D eigenvalue weighted by atomic mass is 10.3. The average molecular weight is 363 g/mol. The summed E-state index contributed by atoms with van der Waals surface area (Å²) in [6.45, 7) is 1.92. The minimum absolute atomic E-state index is 0.0867. The summed E-state index contributed by atoms with van der Waals surface area (Å²) in [5.74, 6) is -0.299. The van der Waals surface area contributed by atoms with Crippen molar-refractivity contribution in [3.63, 3.8) is 0 Å². The molecule has 0 aliphatic carbocycles. The first-order valence-electron chi connectivity index (χ1n) is 8.53. The molecule has 0 aliphatic rings. The van der Waals surface area contributed by atoms with E-state index in [-0.39, 0.29) is 18.0 Å². The second kappa shape index (κ2) is 8.18. The molecule has 0 unspecified atom stereocenters. The molecule has 1 heterocycles. The fraction of sp³-hybridized carbons (Fsp3) is 0.150. The Morgan fingerprint density at radius 3 is 2.37 bits per heavy atom. The molecule has 7 nitrogen and oxygen atoms in total. The van der Waals surface area contributed by atoms with Crippen molar-refractivity contribution < 1.29 is 4.79 Å². The number of anilines is 1. The van der Waals surface area contributed by atoms with Gasteiger partial charge >= 0.3 is 0 Å². The number of benzene rings is 2. The quantitative estimate of drug-likeness (QED) is 0.520. The van der Waals surface area contributed by atoms with Gasteiger partial charge in [-0.3, -0.25) is 14.3 Å². The van der Waals surface area contributed by atoms with Crippen LogP contribution in [0.1, 0.15) is 11.3 Å². The zero-order valence-electron chi connectivity index (χ0n) is 15.2. The Bertz CT molecular complexity index is 1000. The molecule has 2 aromatic carbocycles. The van der Waals surface area contributed by atoms with Gasteiger partial charge in [0.1, 0.15) is 0 Å². The maximum Gasteiger partial charge on any atom is 0.280 e. The van der Waals surface area contributed by atoms with Crippen LogP contribution in [0.15, 0.2) is 70.6 Å². The Labute approximate surface area is 156 Å². The van der Waals surface area contributed by atoms with E-state index in [4.69, 9.17) is 0 Å². The first-order valence-corrected chi connectivity index (χ1v) is 8.53. The van der Waals surface area contributed by atoms with Crippen molar-refractivity contribution in [3.8, 4) is 5.69 Å². The van der Waals surface area contributed by atoms with E-state index in [9.17, 15) is 9.59 Å². The summed E-state index contributed by atoms with van der Waals surface area (Å²) in [5.41, 5.74) is 5.04. The summed E-state index contributed by atoms with van der Waals surface area (Å²) < 4.78 is 3.33. The minimum Gasteiger partial charge on any atom is -0.376 e. The van der Waals surface area contributed by atoms with Crippen LogP contribution in [0.5, 0.6) is 0 Å². The fourth-order valence-electron chi connectivity index (χ4n) is 2.68. The molecular weight excluding hydrogens is 342 g/mol. The number of rotatable bonds is 6. The Morgan fingerprint density at radius 2 is 1.70 bits per heavy atom. The number of aromatic nitrogens is 2. The highest BCUT2D eigenvalue weighted by Crippen LogP contribution is 2.08. The molecule has 0 saturated carbocycles. The predicted molar refractivity (Wildman–Crippen MR) is 106 cm³/mol. The van der Waals surface area contributed by atoms with Crippen LogP contribution in [0, 0.1) is 6.92 Å². The number of carbonyl (C=O) groups is 1. The highest BCUT2D eigenvalue weighted by Gasteiger charge is 2.14. The number of carbonyl (C=O) groups excluding carboxylic acids is 1. The fourth-order valence-corrected chi connectivity index (χ4v) is 2.68. The second-order valence-corrected chi connectivity index (χ2v) is 5.99. The molecular formula is C20H21N5O2. The second-order valence-electron chi connectivity index (χ2n) is 5.99. The van der Waals surface area contributed by atoms with Crippen molar-refractivity contribution >= 4 is 17.8 Å². The van der Waals surface area contributed by atoms with Gasteiger partial charge in [0.25, 0.3) is 11.5 Å². The minimum atomic E-state index is -0.299. The van der Waals surface area contributed by atoms with E-state index in [0.29, 0.717) is 5.56 Å². The van der Waals surface area contributed by atoms with Crippen molar-refractivity contribution in [2.75, 3.05) is 11.9 Å². The normalized spacial score (nSPS) is 10.9. The van der Waals surface area contributed by atoms with Crippen LogP contribution in [-0.4, -0.2) is 28.0 Å². The van der Waals surface area contributed by atoms with Gasteiger partial charge in [0.15, 0.2) is 0 Å². The Hall–Kier alpha value is -3.61. The molecule has 0 aliphatic heterocycles. The highest BCUT2D eigenvalue weighted by atomic mass is 16.2. The van der Waals surface area contributed by atoms with Gasteiger partial charge in [0, 0.05) is 18.4 Å². The van der Waals surface area contributed by atoms with Crippen molar-refractivity contribution in [2.24, 2.45) is 12.1 Å². The van der Waals surface area contributed by atoms with Crippen molar-refractivity contribution in [3.05, 3.63) is 82.3 Å². The van der Waals surface area contributed by atoms with Gasteiger partial charge in [0.05, 0.1) is 24.0 Å². The standard InChI is InChI=1S/C20H21N5O2/c1-15-18(20(27)25(24(15)2)17-11-7-4-8-12-17)13-22-23-19(26)14-21-16-9-5-3-6-10-16/h3-13,21H,14H2,1-2H3,(H,23,26)/b22-13+. The summed E-state index contributed by atoms with van der Waals surface area (Å²) in [6, 6.07) is 18.8. The third-order valence-electron chi connectivity index (χ3n) is 4.21. The smallest absolute Gasteiger partial charge is 0.280 e. The van der Waals surface area contributed by atoms with E-state index in [0.717, 1.165) is 17.1 Å². The van der Waals surface area contributed by atoms with E-state index in [1.54, 1.807) is 9.36 Å². The van der Waals surface area contributed by atoms with Crippen LogP contribution in [-0.2, 0) is 11.8 Å². The van der Waals surface area contributed by atoms with Crippen molar-refractivity contribution in [1.82, 2.24) is 14.8 Å². The maximum atomic E-state index is 12.7. The van der Waals surface area contributed by atoms with Gasteiger partial charge in [0.2, 0.25) is 0 Å². The first kappa shape index (κ1) is 18.2. The third kappa shape index (κ3) is 4.14. The molecule has 1 amide bonds. The lowest BCUT2D eigenvalue weighted by molar-refractivity contribution is -0.119. The Kier molecular flexibility index (Phi) is 5.51. The van der Waals surface area contributed by atoms with Gasteiger partial charge in [-0.15, -0.1) is 0 Å². The number of hydrogen-bond donors (Lipinski definition) is 2. The van der Waals surface area contributed by atoms with Gasteiger partial charge in [-0.05, 0) is 31.2 Å². The summed E-state index contributed by atoms with van der Waals surface area (Å²) in [6.07, 6.45) is 1.39. The third-order valence-corrected chi connectivity index (χ3v) is 4.21. The van der Waals surface area contributed by atoms with Crippen LogP contribution in [0.25, 0.3) is 5.69 Å². The molecule has 7 heteroatoms. The molecule has 3 rings (SSSR count). The zero-order chi connectivity index (χ0) is 19.2. The number of para-hydroxylation sites is 2. The van der Waals surface area contributed by atoms with Crippen LogP contribution in [0.3, 0.4) is 0 Å². The summed E-state index contributed by atoms with van der Waals surface area (Å²) in [7, 11) is 1.81. The number of hydrazone groups is 1. The summed E-state index contributed by atoms with van der Waals surface area (Å²) in [4.78, 5) is 24.6. The molecule has 27 heavy (non-hydrogen) atoms. The lowest BCUT2D eigenvalue weighted by Crippen LogP contribution is -2.26. The van der Waals surface area contributed by atoms with Crippen LogP contribution >= 0.6 is 0 Å². The average Bonchev–Trinajstić information content (AvgIpc) is 2.91. The molecule has 3 aromatic rings. The molecule has 0 saturated heterocycles. The van der Waals surface area contributed by atoms with Gasteiger partial charge in [-0.25, -0.2) is 10.1 Å². The number of amides is 1.